The van der Waals surface area contributed by atoms with Gasteiger partial charge in [0.1, 0.15) is 0 Å². The molecule has 8 heteroatoms. The number of phenols is 1. The van der Waals surface area contributed by atoms with E-state index in [4.69, 9.17) is 16.3 Å². The van der Waals surface area contributed by atoms with Crippen molar-refractivity contribution < 1.29 is 14.8 Å². The topological polar surface area (TPSA) is 88.7 Å². The van der Waals surface area contributed by atoms with Crippen LogP contribution < -0.4 is 9.64 Å². The molecule has 1 aromatic heterocycles. The molecule has 126 valence electrons. The number of nitrogens with zero attached hydrogens (tertiary/aromatic N) is 3. The van der Waals surface area contributed by atoms with E-state index in [0.29, 0.717) is 18.1 Å². The minimum absolute atomic E-state index is 0.0508. The standard InChI is InChI=1S/C16H16ClN3O4/c1-24-15-6-10(2-5-14(15)21)9-19(12-3-4-12)16-13(20(22)23)7-11(17)8-18-16/h2,5-8,12,21H,3-4,9H2,1H3. The van der Waals surface area contributed by atoms with Crippen molar-refractivity contribution in [3.63, 3.8) is 0 Å². The number of halogens is 1. The molecule has 0 amide bonds. The van der Waals surface area contributed by atoms with Crippen molar-refractivity contribution in [1.82, 2.24) is 4.98 Å². The molecule has 24 heavy (non-hydrogen) atoms. The average Bonchev–Trinajstić information content (AvgIpc) is 3.39. The molecule has 0 saturated heterocycles. The van der Waals surface area contributed by atoms with Gasteiger partial charge in [0.25, 0.3) is 0 Å². The van der Waals surface area contributed by atoms with E-state index in [-0.39, 0.29) is 22.5 Å². The summed E-state index contributed by atoms with van der Waals surface area (Å²) in [5.41, 5.74) is 0.753. The van der Waals surface area contributed by atoms with Crippen LogP contribution in [-0.4, -0.2) is 28.2 Å². The summed E-state index contributed by atoms with van der Waals surface area (Å²) in [6.45, 7) is 0.427. The molecular weight excluding hydrogens is 334 g/mol. The fraction of sp³-hybridized carbons (Fsp3) is 0.312. The first-order chi connectivity index (χ1) is 11.5. The van der Waals surface area contributed by atoms with E-state index in [0.717, 1.165) is 18.4 Å². The van der Waals surface area contributed by atoms with Crippen LogP contribution in [0.25, 0.3) is 0 Å². The lowest BCUT2D eigenvalue weighted by Crippen LogP contribution is -2.26. The van der Waals surface area contributed by atoms with Gasteiger partial charge in [-0.15, -0.1) is 0 Å². The number of methoxy groups -OCH3 is 1. The summed E-state index contributed by atoms with van der Waals surface area (Å²) < 4.78 is 5.12. The summed E-state index contributed by atoms with van der Waals surface area (Å²) in [5, 5.41) is 21.3. The van der Waals surface area contributed by atoms with Gasteiger partial charge < -0.3 is 14.7 Å². The van der Waals surface area contributed by atoms with Crippen LogP contribution in [0.15, 0.2) is 30.5 Å². The van der Waals surface area contributed by atoms with Crippen molar-refractivity contribution in [2.75, 3.05) is 12.0 Å². The van der Waals surface area contributed by atoms with Gasteiger partial charge in [0, 0.05) is 24.8 Å². The molecular formula is C16H16ClN3O4. The lowest BCUT2D eigenvalue weighted by Gasteiger charge is -2.23. The van der Waals surface area contributed by atoms with E-state index in [9.17, 15) is 15.2 Å². The van der Waals surface area contributed by atoms with E-state index in [2.05, 4.69) is 4.98 Å². The Labute approximate surface area is 143 Å². The monoisotopic (exact) mass is 349 g/mol. The van der Waals surface area contributed by atoms with Crippen LogP contribution in [0, 0.1) is 10.1 Å². The third-order valence-corrected chi connectivity index (χ3v) is 4.07. The highest BCUT2D eigenvalue weighted by molar-refractivity contribution is 6.30. The highest BCUT2D eigenvalue weighted by Gasteiger charge is 2.34. The zero-order chi connectivity index (χ0) is 17.3. The van der Waals surface area contributed by atoms with Crippen molar-refractivity contribution in [3.8, 4) is 11.5 Å². The Morgan fingerprint density at radius 2 is 2.21 bits per heavy atom. The van der Waals surface area contributed by atoms with Crippen LogP contribution in [0.3, 0.4) is 0 Å². The van der Waals surface area contributed by atoms with E-state index in [1.54, 1.807) is 18.2 Å². The number of ether oxygens (including phenoxy) is 1. The molecule has 1 aliphatic rings. The molecule has 7 nitrogen and oxygen atoms in total. The van der Waals surface area contributed by atoms with Crippen LogP contribution in [-0.2, 0) is 6.54 Å². The first-order valence-corrected chi connectivity index (χ1v) is 7.80. The van der Waals surface area contributed by atoms with E-state index >= 15 is 0 Å². The SMILES string of the molecule is COc1cc(CN(c2ncc(Cl)cc2[N+](=O)[O-])C2CC2)ccc1O. The van der Waals surface area contributed by atoms with Crippen LogP contribution in [0.4, 0.5) is 11.5 Å². The van der Waals surface area contributed by atoms with Gasteiger partial charge in [0.2, 0.25) is 5.82 Å². The molecule has 1 saturated carbocycles. The number of hydrogen-bond donors (Lipinski definition) is 1. The number of hydrogen-bond acceptors (Lipinski definition) is 6. The van der Waals surface area contributed by atoms with E-state index < -0.39 is 4.92 Å². The second-order valence-corrected chi connectivity index (χ2v) is 6.06. The minimum atomic E-state index is -0.471. The molecule has 3 rings (SSSR count). The highest BCUT2D eigenvalue weighted by atomic mass is 35.5. The maximum atomic E-state index is 11.3. The third kappa shape index (κ3) is 3.35. The zero-order valence-electron chi connectivity index (χ0n) is 13.0. The normalized spacial score (nSPS) is 13.6. The number of aromatic nitrogens is 1. The molecule has 0 radical (unpaired) electrons. The van der Waals surface area contributed by atoms with Gasteiger partial charge in [-0.3, -0.25) is 10.1 Å². The summed E-state index contributed by atoms with van der Waals surface area (Å²) in [5.74, 6) is 0.718. The highest BCUT2D eigenvalue weighted by Crippen LogP contribution is 2.38. The molecule has 2 aromatic rings. The van der Waals surface area contributed by atoms with Gasteiger partial charge in [-0.2, -0.15) is 0 Å². The lowest BCUT2D eigenvalue weighted by molar-refractivity contribution is -0.384. The summed E-state index contributed by atoms with van der Waals surface area (Å²) in [6.07, 6.45) is 3.32. The van der Waals surface area contributed by atoms with Crippen LogP contribution in [0.2, 0.25) is 5.02 Å². The Hall–Kier alpha value is -2.54. The number of aromatic hydroxyl groups is 1. The second-order valence-electron chi connectivity index (χ2n) is 5.62. The van der Waals surface area contributed by atoms with Crippen LogP contribution in [0.1, 0.15) is 18.4 Å². The Balaban J connectivity index is 1.96. The smallest absolute Gasteiger partial charge is 0.313 e. The van der Waals surface area contributed by atoms with E-state index in [1.165, 1.54) is 19.4 Å². The van der Waals surface area contributed by atoms with Gasteiger partial charge in [0.05, 0.1) is 17.1 Å². The van der Waals surface area contributed by atoms with Gasteiger partial charge in [-0.1, -0.05) is 17.7 Å². The van der Waals surface area contributed by atoms with Crippen molar-refractivity contribution >= 4 is 23.1 Å². The number of pyridine rings is 1. The largest absolute Gasteiger partial charge is 0.504 e. The zero-order valence-corrected chi connectivity index (χ0v) is 13.7. The molecule has 0 atom stereocenters. The maximum Gasteiger partial charge on any atom is 0.313 e. The number of phenolic OH excluding ortho intramolecular Hbond substituents is 1. The third-order valence-electron chi connectivity index (χ3n) is 3.87. The minimum Gasteiger partial charge on any atom is -0.504 e. The summed E-state index contributed by atoms with van der Waals surface area (Å²) in [6, 6.07) is 6.54. The average molecular weight is 350 g/mol. The Kier molecular flexibility index (Phi) is 4.44. The predicted octanol–water partition coefficient (Wildman–Crippen LogP) is 3.53. The maximum absolute atomic E-state index is 11.3. The second kappa shape index (κ2) is 6.52. The molecule has 0 aliphatic heterocycles. The molecule has 1 heterocycles. The Bertz CT molecular complexity index is 780. The number of benzene rings is 1. The molecule has 1 aliphatic carbocycles. The quantitative estimate of drug-likeness (QED) is 0.634. The van der Waals surface area contributed by atoms with Gasteiger partial charge >= 0.3 is 5.69 Å². The summed E-state index contributed by atoms with van der Waals surface area (Å²) in [4.78, 5) is 17.0. The summed E-state index contributed by atoms with van der Waals surface area (Å²) >= 11 is 5.85. The Morgan fingerprint density at radius 1 is 1.46 bits per heavy atom. The fourth-order valence-electron chi connectivity index (χ4n) is 2.56. The van der Waals surface area contributed by atoms with Gasteiger partial charge in [0.15, 0.2) is 11.5 Å². The first-order valence-electron chi connectivity index (χ1n) is 7.42. The van der Waals surface area contributed by atoms with Gasteiger partial charge in [-0.05, 0) is 30.5 Å². The van der Waals surface area contributed by atoms with E-state index in [1.807, 2.05) is 4.90 Å². The molecule has 0 bridgehead atoms. The number of nitro groups is 1. The summed E-state index contributed by atoms with van der Waals surface area (Å²) in [7, 11) is 1.48. The number of anilines is 1. The number of rotatable bonds is 6. The first kappa shape index (κ1) is 16.3. The predicted molar refractivity (Wildman–Crippen MR) is 89.8 cm³/mol. The molecule has 1 N–H and O–H groups in total. The van der Waals surface area contributed by atoms with Crippen molar-refractivity contribution in [2.24, 2.45) is 0 Å². The molecule has 0 spiro atoms. The molecule has 1 aromatic carbocycles. The van der Waals surface area contributed by atoms with Crippen molar-refractivity contribution in [3.05, 3.63) is 51.2 Å². The molecule has 0 unspecified atom stereocenters. The lowest BCUT2D eigenvalue weighted by atomic mass is 10.1. The van der Waals surface area contributed by atoms with Gasteiger partial charge in [-0.25, -0.2) is 4.98 Å². The Morgan fingerprint density at radius 3 is 2.83 bits per heavy atom. The molecule has 1 fully saturated rings. The van der Waals surface area contributed by atoms with Crippen LogP contribution in [0.5, 0.6) is 11.5 Å². The van der Waals surface area contributed by atoms with Crippen LogP contribution >= 0.6 is 11.6 Å². The van der Waals surface area contributed by atoms with Crippen molar-refractivity contribution in [2.45, 2.75) is 25.4 Å². The fourth-order valence-corrected chi connectivity index (χ4v) is 2.71. The van der Waals surface area contributed by atoms with Crippen molar-refractivity contribution in [1.29, 1.82) is 0 Å².